The lowest BCUT2D eigenvalue weighted by Gasteiger charge is -2.04. The van der Waals surface area contributed by atoms with E-state index in [-0.39, 0.29) is 11.2 Å². The molecular weight excluding hydrogens is 158 g/mol. The Kier molecular flexibility index (Phi) is 1.76. The van der Waals surface area contributed by atoms with Crippen LogP contribution in [0.3, 0.4) is 0 Å². The highest BCUT2D eigenvalue weighted by Gasteiger charge is 2.37. The van der Waals surface area contributed by atoms with E-state index in [1.165, 1.54) is 0 Å². The van der Waals surface area contributed by atoms with Crippen molar-refractivity contribution in [2.24, 2.45) is 5.10 Å². The van der Waals surface area contributed by atoms with E-state index < -0.39 is 11.0 Å². The van der Waals surface area contributed by atoms with Crippen LogP contribution in [0, 0.1) is 10.1 Å². The van der Waals surface area contributed by atoms with Crippen molar-refractivity contribution in [3.05, 3.63) is 10.1 Å². The Hall–Kier alpha value is -0.840. The molecule has 1 rings (SSSR count). The van der Waals surface area contributed by atoms with Gasteiger partial charge in [-0.1, -0.05) is 11.6 Å². The number of halogens is 1. The Morgan fingerprint density at radius 2 is 2.50 bits per heavy atom. The summed E-state index contributed by atoms with van der Waals surface area (Å²) in [6, 6.07) is -1.18. The third-order valence-electron chi connectivity index (χ3n) is 1.32. The topological polar surface area (TPSA) is 67.5 Å². The maximum Gasteiger partial charge on any atom is 0.287 e. The number of nitrogens with zero attached hydrogens (tertiary/aromatic N) is 2. The monoisotopic (exact) mass is 163 g/mol. The van der Waals surface area contributed by atoms with Gasteiger partial charge < -0.3 is 0 Å². The fourth-order valence-electron chi connectivity index (χ4n) is 0.776. The van der Waals surface area contributed by atoms with E-state index in [2.05, 4.69) is 10.5 Å². The van der Waals surface area contributed by atoms with E-state index in [0.717, 1.165) is 0 Å². The van der Waals surface area contributed by atoms with Crippen molar-refractivity contribution >= 4 is 16.8 Å². The first-order valence-electron chi connectivity index (χ1n) is 2.75. The minimum absolute atomic E-state index is 0.0255. The zero-order chi connectivity index (χ0) is 7.72. The van der Waals surface area contributed by atoms with Crippen molar-refractivity contribution in [1.82, 2.24) is 5.43 Å². The van der Waals surface area contributed by atoms with Crippen molar-refractivity contribution in [2.75, 3.05) is 0 Å². The number of nitro groups is 1. The Bertz CT molecular complexity index is 193. The summed E-state index contributed by atoms with van der Waals surface area (Å²) in [7, 11) is 0. The van der Waals surface area contributed by atoms with Gasteiger partial charge in [0.25, 0.3) is 6.04 Å². The zero-order valence-electron chi connectivity index (χ0n) is 5.24. The molecule has 0 amide bonds. The third-order valence-corrected chi connectivity index (χ3v) is 1.63. The van der Waals surface area contributed by atoms with Crippen LogP contribution in [-0.2, 0) is 0 Å². The van der Waals surface area contributed by atoms with Gasteiger partial charge >= 0.3 is 0 Å². The average Bonchev–Trinajstić information content (AvgIpc) is 2.11. The third kappa shape index (κ3) is 1.04. The van der Waals surface area contributed by atoms with E-state index >= 15 is 0 Å². The summed E-state index contributed by atoms with van der Waals surface area (Å²) in [6.07, 6.45) is 0. The number of nitrogens with one attached hydrogen (secondary N) is 1. The lowest BCUT2D eigenvalue weighted by molar-refractivity contribution is -0.504. The van der Waals surface area contributed by atoms with Gasteiger partial charge in [-0.05, 0) is 6.92 Å². The molecule has 0 saturated carbocycles. The maximum atomic E-state index is 10.2. The molecule has 0 aromatic heterocycles. The molecule has 0 bridgehead atoms. The SMILES string of the molecule is CC1NN=C(Cl)C1[N+](=O)[O-]. The van der Waals surface area contributed by atoms with E-state index in [1.54, 1.807) is 6.92 Å². The molecule has 0 spiro atoms. The van der Waals surface area contributed by atoms with Crippen LogP contribution < -0.4 is 5.43 Å². The molecule has 0 saturated heterocycles. The highest BCUT2D eigenvalue weighted by Crippen LogP contribution is 2.09. The van der Waals surface area contributed by atoms with Crippen LogP contribution in [0.5, 0.6) is 0 Å². The summed E-state index contributed by atoms with van der Waals surface area (Å²) in [6.45, 7) is 1.66. The normalized spacial score (nSPS) is 31.2. The Morgan fingerprint density at radius 1 is 1.90 bits per heavy atom. The smallest absolute Gasteiger partial charge is 0.287 e. The van der Waals surface area contributed by atoms with Crippen molar-refractivity contribution in [2.45, 2.75) is 19.0 Å². The second-order valence-corrected chi connectivity index (χ2v) is 2.47. The summed E-state index contributed by atoms with van der Waals surface area (Å²) in [4.78, 5) is 9.77. The van der Waals surface area contributed by atoms with Gasteiger partial charge in [0, 0.05) is 4.92 Å². The van der Waals surface area contributed by atoms with E-state index in [0.29, 0.717) is 0 Å². The summed E-state index contributed by atoms with van der Waals surface area (Å²) in [5.41, 5.74) is 2.52. The predicted molar refractivity (Wildman–Crippen MR) is 36.7 cm³/mol. The number of hydrogen-bond donors (Lipinski definition) is 1. The number of rotatable bonds is 1. The molecular formula is C4H6ClN3O2. The number of hydrazone groups is 1. The maximum absolute atomic E-state index is 10.2. The minimum Gasteiger partial charge on any atom is -0.298 e. The van der Waals surface area contributed by atoms with Crippen molar-refractivity contribution in [3.8, 4) is 0 Å². The average molecular weight is 164 g/mol. The first kappa shape index (κ1) is 7.27. The molecule has 0 aromatic carbocycles. The molecule has 6 heteroatoms. The second-order valence-electron chi connectivity index (χ2n) is 2.08. The fourth-order valence-corrected chi connectivity index (χ4v) is 1.09. The molecule has 2 atom stereocenters. The quantitative estimate of drug-likeness (QED) is 0.443. The summed E-state index contributed by atoms with van der Waals surface area (Å²) in [5.74, 6) is 0. The largest absolute Gasteiger partial charge is 0.298 e. The summed E-state index contributed by atoms with van der Waals surface area (Å²) >= 11 is 5.41. The first-order valence-corrected chi connectivity index (χ1v) is 3.13. The van der Waals surface area contributed by atoms with Crippen LogP contribution in [0.25, 0.3) is 0 Å². The molecule has 0 aliphatic carbocycles. The molecule has 10 heavy (non-hydrogen) atoms. The summed E-state index contributed by atoms with van der Waals surface area (Å²) in [5, 5.41) is 13.8. The van der Waals surface area contributed by atoms with Crippen LogP contribution in [0.4, 0.5) is 0 Å². The molecule has 1 N–H and O–H groups in total. The molecule has 1 aliphatic heterocycles. The Balaban J connectivity index is 2.74. The fraction of sp³-hybridized carbons (Fsp3) is 0.750. The van der Waals surface area contributed by atoms with Crippen LogP contribution in [0.2, 0.25) is 0 Å². The lowest BCUT2D eigenvalue weighted by atomic mass is 10.2. The molecule has 1 heterocycles. The molecule has 56 valence electrons. The van der Waals surface area contributed by atoms with Crippen molar-refractivity contribution in [1.29, 1.82) is 0 Å². The Labute approximate surface area is 62.2 Å². The minimum atomic E-state index is -0.873. The zero-order valence-corrected chi connectivity index (χ0v) is 6.00. The van der Waals surface area contributed by atoms with Crippen molar-refractivity contribution < 1.29 is 4.92 Å². The van der Waals surface area contributed by atoms with Gasteiger partial charge in [0.1, 0.15) is 6.04 Å². The molecule has 0 radical (unpaired) electrons. The van der Waals surface area contributed by atoms with E-state index in [4.69, 9.17) is 11.6 Å². The standard InChI is InChI=1S/C4H6ClN3O2/c1-2-3(8(9)10)4(5)7-6-2/h2-3,6H,1H3. The molecule has 2 unspecified atom stereocenters. The van der Waals surface area contributed by atoms with Gasteiger partial charge in [-0.2, -0.15) is 5.10 Å². The molecule has 5 nitrogen and oxygen atoms in total. The highest BCUT2D eigenvalue weighted by atomic mass is 35.5. The van der Waals surface area contributed by atoms with Crippen LogP contribution in [-0.4, -0.2) is 22.2 Å². The van der Waals surface area contributed by atoms with Gasteiger partial charge in [-0.25, -0.2) is 0 Å². The van der Waals surface area contributed by atoms with Gasteiger partial charge in [-0.3, -0.25) is 15.5 Å². The van der Waals surface area contributed by atoms with E-state index in [9.17, 15) is 10.1 Å². The predicted octanol–water partition coefficient (Wildman–Crippen LogP) is 0.176. The van der Waals surface area contributed by atoms with Gasteiger partial charge in [0.2, 0.25) is 5.17 Å². The molecule has 0 fully saturated rings. The first-order chi connectivity index (χ1) is 4.63. The second kappa shape index (κ2) is 2.42. The van der Waals surface area contributed by atoms with Gasteiger partial charge in [-0.15, -0.1) is 0 Å². The number of hydrogen-bond acceptors (Lipinski definition) is 4. The van der Waals surface area contributed by atoms with Crippen LogP contribution in [0.15, 0.2) is 5.10 Å². The van der Waals surface area contributed by atoms with Crippen LogP contribution >= 0.6 is 11.6 Å². The highest BCUT2D eigenvalue weighted by molar-refractivity contribution is 6.66. The summed E-state index contributed by atoms with van der Waals surface area (Å²) < 4.78 is 0. The molecule has 0 aromatic rings. The van der Waals surface area contributed by atoms with E-state index in [1.807, 2.05) is 0 Å². The lowest BCUT2D eigenvalue weighted by Crippen LogP contribution is -2.36. The molecule has 1 aliphatic rings. The Morgan fingerprint density at radius 3 is 2.70 bits per heavy atom. The van der Waals surface area contributed by atoms with Crippen LogP contribution in [0.1, 0.15) is 6.92 Å². The van der Waals surface area contributed by atoms with Gasteiger partial charge in [0.15, 0.2) is 0 Å². The van der Waals surface area contributed by atoms with Crippen molar-refractivity contribution in [3.63, 3.8) is 0 Å². The van der Waals surface area contributed by atoms with Gasteiger partial charge in [0.05, 0.1) is 0 Å².